The van der Waals surface area contributed by atoms with Gasteiger partial charge in [0.2, 0.25) is 0 Å². The Morgan fingerprint density at radius 1 is 1.17 bits per heavy atom. The molecule has 2 aromatic carbocycles. The Hall–Kier alpha value is -2.21. The van der Waals surface area contributed by atoms with Crippen LogP contribution in [0.1, 0.15) is 35.2 Å². The van der Waals surface area contributed by atoms with Crippen LogP contribution in [0.4, 0.5) is 5.69 Å². The molecular formula is C17H15BrN2O3. The van der Waals surface area contributed by atoms with Crippen LogP contribution in [0.25, 0.3) is 0 Å². The van der Waals surface area contributed by atoms with Crippen molar-refractivity contribution in [3.63, 3.8) is 0 Å². The second kappa shape index (κ2) is 6.12. The quantitative estimate of drug-likeness (QED) is 0.644. The summed E-state index contributed by atoms with van der Waals surface area (Å²) in [6.45, 7) is 0. The molecule has 0 bridgehead atoms. The van der Waals surface area contributed by atoms with Crippen molar-refractivity contribution in [2.45, 2.75) is 24.8 Å². The van der Waals surface area contributed by atoms with E-state index in [0.717, 1.165) is 29.3 Å². The first-order chi connectivity index (χ1) is 11.0. The maximum atomic E-state index is 12.6. The molecule has 0 saturated heterocycles. The molecule has 3 rings (SSSR count). The lowest BCUT2D eigenvalue weighted by Gasteiger charge is -2.43. The topological polar surface area (TPSA) is 72.2 Å². The van der Waals surface area contributed by atoms with Gasteiger partial charge in [0.05, 0.1) is 10.5 Å². The highest BCUT2D eigenvalue weighted by atomic mass is 79.9. The molecule has 1 aliphatic rings. The monoisotopic (exact) mass is 374 g/mol. The maximum Gasteiger partial charge on any atom is 0.282 e. The number of nitro groups is 1. The molecule has 1 amide bonds. The van der Waals surface area contributed by atoms with Gasteiger partial charge in [-0.25, -0.2) is 0 Å². The van der Waals surface area contributed by atoms with Crippen molar-refractivity contribution >= 4 is 27.5 Å². The van der Waals surface area contributed by atoms with Gasteiger partial charge in [0, 0.05) is 10.5 Å². The number of nitro benzene ring substituents is 1. The summed E-state index contributed by atoms with van der Waals surface area (Å²) in [6, 6.07) is 13.8. The molecule has 0 atom stereocenters. The van der Waals surface area contributed by atoms with Crippen LogP contribution >= 0.6 is 15.9 Å². The minimum absolute atomic E-state index is 0.0961. The van der Waals surface area contributed by atoms with E-state index in [4.69, 9.17) is 0 Å². The van der Waals surface area contributed by atoms with Crippen LogP contribution < -0.4 is 5.32 Å². The van der Waals surface area contributed by atoms with Crippen LogP contribution in [0.2, 0.25) is 0 Å². The minimum Gasteiger partial charge on any atom is -0.342 e. The molecule has 2 aromatic rings. The maximum absolute atomic E-state index is 12.6. The van der Waals surface area contributed by atoms with Gasteiger partial charge in [-0.15, -0.1) is 0 Å². The number of amides is 1. The van der Waals surface area contributed by atoms with E-state index in [1.165, 1.54) is 12.1 Å². The largest absolute Gasteiger partial charge is 0.342 e. The van der Waals surface area contributed by atoms with Crippen molar-refractivity contribution in [2.24, 2.45) is 0 Å². The number of para-hydroxylation sites is 1. The lowest BCUT2D eigenvalue weighted by molar-refractivity contribution is -0.385. The van der Waals surface area contributed by atoms with Crippen LogP contribution in [-0.4, -0.2) is 10.8 Å². The molecule has 1 saturated carbocycles. The van der Waals surface area contributed by atoms with E-state index in [1.54, 1.807) is 12.1 Å². The summed E-state index contributed by atoms with van der Waals surface area (Å²) in [5, 5.41) is 14.1. The minimum atomic E-state index is -0.526. The van der Waals surface area contributed by atoms with Gasteiger partial charge in [0.25, 0.3) is 11.6 Å². The molecule has 118 valence electrons. The van der Waals surface area contributed by atoms with Gasteiger partial charge < -0.3 is 5.32 Å². The molecule has 0 aliphatic heterocycles. The summed E-state index contributed by atoms with van der Waals surface area (Å²) < 4.78 is 0.946. The zero-order chi connectivity index (χ0) is 16.4. The fraction of sp³-hybridized carbons (Fsp3) is 0.235. The molecule has 0 unspecified atom stereocenters. The number of nitrogens with zero attached hydrogens (tertiary/aromatic N) is 1. The van der Waals surface area contributed by atoms with Crippen LogP contribution in [-0.2, 0) is 5.54 Å². The van der Waals surface area contributed by atoms with E-state index < -0.39 is 16.4 Å². The highest BCUT2D eigenvalue weighted by Crippen LogP contribution is 2.42. The van der Waals surface area contributed by atoms with E-state index in [0.29, 0.717) is 0 Å². The second-order valence-electron chi connectivity index (χ2n) is 5.67. The molecule has 23 heavy (non-hydrogen) atoms. The standard InChI is InChI=1S/C17H15BrN2O3/c18-13-6-3-5-12(11-13)17(9-4-10-17)19-16(21)14-7-1-2-8-15(14)20(22)23/h1-3,5-8,11H,4,9-10H2,(H,19,21). The number of benzene rings is 2. The Kier molecular flexibility index (Phi) is 4.17. The third-order valence-corrected chi connectivity index (χ3v) is 4.78. The van der Waals surface area contributed by atoms with E-state index in [9.17, 15) is 14.9 Å². The summed E-state index contributed by atoms with van der Waals surface area (Å²) in [6.07, 6.45) is 2.68. The first-order valence-electron chi connectivity index (χ1n) is 7.34. The first-order valence-corrected chi connectivity index (χ1v) is 8.13. The van der Waals surface area contributed by atoms with Crippen LogP contribution in [0, 0.1) is 10.1 Å². The average molecular weight is 375 g/mol. The van der Waals surface area contributed by atoms with Gasteiger partial charge in [0.15, 0.2) is 0 Å². The van der Waals surface area contributed by atoms with Crippen LogP contribution in [0.3, 0.4) is 0 Å². The summed E-state index contributed by atoms with van der Waals surface area (Å²) in [7, 11) is 0. The highest BCUT2D eigenvalue weighted by molar-refractivity contribution is 9.10. The Morgan fingerprint density at radius 2 is 1.91 bits per heavy atom. The highest BCUT2D eigenvalue weighted by Gasteiger charge is 2.41. The lowest BCUT2D eigenvalue weighted by Crippen LogP contribution is -2.50. The van der Waals surface area contributed by atoms with Crippen molar-refractivity contribution in [2.75, 3.05) is 0 Å². The van der Waals surface area contributed by atoms with Crippen molar-refractivity contribution < 1.29 is 9.72 Å². The summed E-state index contributed by atoms with van der Waals surface area (Å²) in [5.74, 6) is -0.406. The van der Waals surface area contributed by atoms with Gasteiger partial charge in [-0.3, -0.25) is 14.9 Å². The van der Waals surface area contributed by atoms with Gasteiger partial charge in [-0.1, -0.05) is 40.2 Å². The number of nitrogens with one attached hydrogen (secondary N) is 1. The SMILES string of the molecule is O=C(NC1(c2cccc(Br)c2)CCC1)c1ccccc1[N+](=O)[O-]. The first kappa shape index (κ1) is 15.7. The van der Waals surface area contributed by atoms with E-state index >= 15 is 0 Å². The van der Waals surface area contributed by atoms with E-state index in [2.05, 4.69) is 21.2 Å². The Labute approximate surface area is 142 Å². The molecule has 0 heterocycles. The molecule has 0 aromatic heterocycles. The van der Waals surface area contributed by atoms with Crippen molar-refractivity contribution in [3.05, 3.63) is 74.2 Å². The number of carbonyl (C=O) groups excluding carboxylic acids is 1. The number of carbonyl (C=O) groups is 1. The van der Waals surface area contributed by atoms with Crippen LogP contribution in [0.5, 0.6) is 0 Å². The number of hydrogen-bond acceptors (Lipinski definition) is 3. The molecule has 0 radical (unpaired) electrons. The normalized spacial score (nSPS) is 15.5. The molecule has 1 N–H and O–H groups in total. The van der Waals surface area contributed by atoms with E-state index in [-0.39, 0.29) is 11.3 Å². The number of hydrogen-bond donors (Lipinski definition) is 1. The number of rotatable bonds is 4. The van der Waals surface area contributed by atoms with Gasteiger partial charge in [0.1, 0.15) is 5.56 Å². The Balaban J connectivity index is 1.91. The lowest BCUT2D eigenvalue weighted by atomic mass is 9.71. The molecule has 1 fully saturated rings. The Bertz CT molecular complexity index is 772. The zero-order valence-corrected chi connectivity index (χ0v) is 13.9. The summed E-state index contributed by atoms with van der Waals surface area (Å²) in [5.41, 5.74) is 0.502. The smallest absolute Gasteiger partial charge is 0.282 e. The predicted octanol–water partition coefficient (Wildman–Crippen LogP) is 4.17. The average Bonchev–Trinajstić information content (AvgIpc) is 2.50. The van der Waals surface area contributed by atoms with Gasteiger partial charge in [-0.2, -0.15) is 0 Å². The third-order valence-electron chi connectivity index (χ3n) is 4.28. The zero-order valence-electron chi connectivity index (χ0n) is 12.3. The fourth-order valence-electron chi connectivity index (χ4n) is 2.91. The second-order valence-corrected chi connectivity index (χ2v) is 6.59. The van der Waals surface area contributed by atoms with Gasteiger partial charge >= 0.3 is 0 Å². The van der Waals surface area contributed by atoms with Crippen molar-refractivity contribution in [1.82, 2.24) is 5.32 Å². The molecular weight excluding hydrogens is 360 g/mol. The molecule has 1 aliphatic carbocycles. The van der Waals surface area contributed by atoms with E-state index in [1.807, 2.05) is 24.3 Å². The molecule has 0 spiro atoms. The van der Waals surface area contributed by atoms with Crippen molar-refractivity contribution in [3.8, 4) is 0 Å². The molecule has 5 nitrogen and oxygen atoms in total. The third kappa shape index (κ3) is 2.99. The van der Waals surface area contributed by atoms with Gasteiger partial charge in [-0.05, 0) is 43.0 Å². The summed E-state index contributed by atoms with van der Waals surface area (Å²) in [4.78, 5) is 23.2. The fourth-order valence-corrected chi connectivity index (χ4v) is 3.31. The van der Waals surface area contributed by atoms with Crippen molar-refractivity contribution in [1.29, 1.82) is 0 Å². The number of halogens is 1. The predicted molar refractivity (Wildman–Crippen MR) is 90.2 cm³/mol. The molecule has 6 heteroatoms. The van der Waals surface area contributed by atoms with Crippen LogP contribution in [0.15, 0.2) is 53.0 Å². The Morgan fingerprint density at radius 3 is 2.52 bits per heavy atom. The summed E-state index contributed by atoms with van der Waals surface area (Å²) >= 11 is 3.45.